The van der Waals surface area contributed by atoms with Gasteiger partial charge in [0.2, 0.25) is 0 Å². The summed E-state index contributed by atoms with van der Waals surface area (Å²) in [4.78, 5) is 4.26. The molecular weight excluding hydrogens is 196 g/mol. The van der Waals surface area contributed by atoms with Crippen molar-refractivity contribution < 1.29 is 0 Å². The summed E-state index contributed by atoms with van der Waals surface area (Å²) in [6, 6.07) is 2.59. The van der Waals surface area contributed by atoms with Gasteiger partial charge in [-0.2, -0.15) is 0 Å². The van der Waals surface area contributed by atoms with Crippen LogP contribution in [0.4, 0.5) is 0 Å². The summed E-state index contributed by atoms with van der Waals surface area (Å²) in [5.41, 5.74) is 2.73. The van der Waals surface area contributed by atoms with E-state index in [1.54, 1.807) is 0 Å². The Bertz CT molecular complexity index is 348. The number of aryl methyl sites for hydroxylation is 1. The fraction of sp³-hybridized carbons (Fsp3) is 0.643. The molecule has 0 spiro atoms. The Labute approximate surface area is 98.5 Å². The lowest BCUT2D eigenvalue weighted by Crippen LogP contribution is -2.24. The van der Waals surface area contributed by atoms with Crippen LogP contribution in [0.3, 0.4) is 0 Å². The third-order valence-electron chi connectivity index (χ3n) is 3.93. The SMILES string of the molecule is CNC(c1cnccc1C)C1CCC(C)C1. The summed E-state index contributed by atoms with van der Waals surface area (Å²) < 4.78 is 0. The molecule has 1 aromatic heterocycles. The predicted molar refractivity (Wildman–Crippen MR) is 67.3 cm³/mol. The molecule has 1 aromatic rings. The van der Waals surface area contributed by atoms with Crippen LogP contribution in [0.15, 0.2) is 18.5 Å². The van der Waals surface area contributed by atoms with Crippen LogP contribution in [-0.2, 0) is 0 Å². The van der Waals surface area contributed by atoms with Gasteiger partial charge in [0, 0.05) is 18.4 Å². The number of nitrogens with zero attached hydrogens (tertiary/aromatic N) is 1. The van der Waals surface area contributed by atoms with Gasteiger partial charge in [0.25, 0.3) is 0 Å². The number of nitrogens with one attached hydrogen (secondary N) is 1. The average Bonchev–Trinajstić information content (AvgIpc) is 2.69. The second-order valence-corrected chi connectivity index (χ2v) is 5.18. The largest absolute Gasteiger partial charge is 0.313 e. The molecule has 1 N–H and O–H groups in total. The van der Waals surface area contributed by atoms with Gasteiger partial charge in [-0.05, 0) is 55.8 Å². The molecule has 1 aliphatic rings. The van der Waals surface area contributed by atoms with Crippen molar-refractivity contribution in [3.63, 3.8) is 0 Å². The molecule has 2 heteroatoms. The highest BCUT2D eigenvalue weighted by molar-refractivity contribution is 5.25. The first kappa shape index (κ1) is 11.6. The van der Waals surface area contributed by atoms with E-state index in [9.17, 15) is 0 Å². The molecule has 1 saturated carbocycles. The number of hydrogen-bond donors (Lipinski definition) is 1. The molecule has 1 aliphatic carbocycles. The Kier molecular flexibility index (Phi) is 3.59. The van der Waals surface area contributed by atoms with Gasteiger partial charge in [-0.1, -0.05) is 13.3 Å². The van der Waals surface area contributed by atoms with Crippen LogP contribution in [0.1, 0.15) is 43.4 Å². The molecule has 0 bridgehead atoms. The van der Waals surface area contributed by atoms with Crippen LogP contribution in [0.5, 0.6) is 0 Å². The van der Waals surface area contributed by atoms with Gasteiger partial charge in [-0.25, -0.2) is 0 Å². The van der Waals surface area contributed by atoms with Crippen molar-refractivity contribution in [2.45, 2.75) is 39.2 Å². The molecule has 1 fully saturated rings. The number of aromatic nitrogens is 1. The van der Waals surface area contributed by atoms with Crippen LogP contribution < -0.4 is 5.32 Å². The average molecular weight is 218 g/mol. The molecule has 0 amide bonds. The number of rotatable bonds is 3. The van der Waals surface area contributed by atoms with E-state index in [0.29, 0.717) is 6.04 Å². The summed E-state index contributed by atoms with van der Waals surface area (Å²) >= 11 is 0. The van der Waals surface area contributed by atoms with E-state index in [1.165, 1.54) is 30.4 Å². The fourth-order valence-corrected chi connectivity index (χ4v) is 3.00. The minimum atomic E-state index is 0.485. The van der Waals surface area contributed by atoms with Crippen LogP contribution in [0.25, 0.3) is 0 Å². The molecule has 0 aromatic carbocycles. The molecule has 3 unspecified atom stereocenters. The lowest BCUT2D eigenvalue weighted by molar-refractivity contribution is 0.377. The maximum atomic E-state index is 4.26. The van der Waals surface area contributed by atoms with E-state index in [4.69, 9.17) is 0 Å². The van der Waals surface area contributed by atoms with Gasteiger partial charge in [0.15, 0.2) is 0 Å². The van der Waals surface area contributed by atoms with E-state index >= 15 is 0 Å². The zero-order chi connectivity index (χ0) is 11.5. The molecule has 3 atom stereocenters. The van der Waals surface area contributed by atoms with Crippen LogP contribution >= 0.6 is 0 Å². The van der Waals surface area contributed by atoms with E-state index in [2.05, 4.69) is 37.3 Å². The lowest BCUT2D eigenvalue weighted by Gasteiger charge is -2.24. The van der Waals surface area contributed by atoms with Crippen molar-refractivity contribution in [2.24, 2.45) is 11.8 Å². The standard InChI is InChI=1S/C14H22N2/c1-10-4-5-12(8-10)14(15-3)13-9-16-7-6-11(13)2/h6-7,9-10,12,14-15H,4-5,8H2,1-3H3. The van der Waals surface area contributed by atoms with Crippen LogP contribution in [-0.4, -0.2) is 12.0 Å². The molecule has 0 aliphatic heterocycles. The van der Waals surface area contributed by atoms with Crippen molar-refractivity contribution in [2.75, 3.05) is 7.05 Å². The monoisotopic (exact) mass is 218 g/mol. The summed E-state index contributed by atoms with van der Waals surface area (Å²) in [5, 5.41) is 3.48. The van der Waals surface area contributed by atoms with E-state index < -0.39 is 0 Å². The number of pyridine rings is 1. The fourth-order valence-electron chi connectivity index (χ4n) is 3.00. The topological polar surface area (TPSA) is 24.9 Å². The Balaban J connectivity index is 2.19. The summed E-state index contributed by atoms with van der Waals surface area (Å²) in [6.45, 7) is 4.54. The highest BCUT2D eigenvalue weighted by Gasteiger charge is 2.29. The highest BCUT2D eigenvalue weighted by atomic mass is 14.9. The Morgan fingerprint density at radius 2 is 2.25 bits per heavy atom. The van der Waals surface area contributed by atoms with Gasteiger partial charge in [-0.15, -0.1) is 0 Å². The molecule has 16 heavy (non-hydrogen) atoms. The predicted octanol–water partition coefficient (Wildman–Crippen LogP) is 3.09. The number of hydrogen-bond acceptors (Lipinski definition) is 2. The highest BCUT2D eigenvalue weighted by Crippen LogP contribution is 2.39. The smallest absolute Gasteiger partial charge is 0.0364 e. The quantitative estimate of drug-likeness (QED) is 0.843. The van der Waals surface area contributed by atoms with E-state index in [1.807, 2.05) is 12.4 Å². The first-order chi connectivity index (χ1) is 7.72. The zero-order valence-corrected chi connectivity index (χ0v) is 10.5. The molecule has 88 valence electrons. The Morgan fingerprint density at radius 3 is 2.81 bits per heavy atom. The lowest BCUT2D eigenvalue weighted by atomic mass is 9.90. The molecule has 2 nitrogen and oxygen atoms in total. The van der Waals surface area contributed by atoms with Crippen molar-refractivity contribution in [1.82, 2.24) is 10.3 Å². The van der Waals surface area contributed by atoms with Gasteiger partial charge < -0.3 is 5.32 Å². The molecular formula is C14H22N2. The van der Waals surface area contributed by atoms with Gasteiger partial charge in [0.05, 0.1) is 0 Å². The second kappa shape index (κ2) is 4.96. The zero-order valence-electron chi connectivity index (χ0n) is 10.5. The molecule has 2 rings (SSSR count). The first-order valence-electron chi connectivity index (χ1n) is 6.30. The van der Waals surface area contributed by atoms with Crippen molar-refractivity contribution in [1.29, 1.82) is 0 Å². The van der Waals surface area contributed by atoms with Gasteiger partial charge >= 0.3 is 0 Å². The van der Waals surface area contributed by atoms with Crippen molar-refractivity contribution >= 4 is 0 Å². The van der Waals surface area contributed by atoms with Crippen LogP contribution in [0, 0.1) is 18.8 Å². The van der Waals surface area contributed by atoms with Crippen LogP contribution in [0.2, 0.25) is 0 Å². The van der Waals surface area contributed by atoms with Crippen molar-refractivity contribution in [3.8, 4) is 0 Å². The van der Waals surface area contributed by atoms with Crippen molar-refractivity contribution in [3.05, 3.63) is 29.6 Å². The first-order valence-corrected chi connectivity index (χ1v) is 6.30. The maximum Gasteiger partial charge on any atom is 0.0364 e. The maximum absolute atomic E-state index is 4.26. The van der Waals surface area contributed by atoms with Gasteiger partial charge in [0.1, 0.15) is 0 Å². The Hall–Kier alpha value is -0.890. The minimum absolute atomic E-state index is 0.485. The summed E-state index contributed by atoms with van der Waals surface area (Å²) in [6.07, 6.45) is 7.98. The second-order valence-electron chi connectivity index (χ2n) is 5.18. The third kappa shape index (κ3) is 2.27. The minimum Gasteiger partial charge on any atom is -0.313 e. The van der Waals surface area contributed by atoms with E-state index in [0.717, 1.165) is 11.8 Å². The molecule has 0 radical (unpaired) electrons. The third-order valence-corrected chi connectivity index (χ3v) is 3.93. The van der Waals surface area contributed by atoms with E-state index in [-0.39, 0.29) is 0 Å². The normalized spacial score (nSPS) is 26.9. The summed E-state index contributed by atoms with van der Waals surface area (Å²) in [5.74, 6) is 1.67. The van der Waals surface area contributed by atoms with Gasteiger partial charge in [-0.3, -0.25) is 4.98 Å². The molecule has 0 saturated heterocycles. The molecule has 1 heterocycles. The summed E-state index contributed by atoms with van der Waals surface area (Å²) in [7, 11) is 2.07. The Morgan fingerprint density at radius 1 is 1.44 bits per heavy atom.